The van der Waals surface area contributed by atoms with E-state index in [-0.39, 0.29) is 5.56 Å². The molecule has 0 saturated carbocycles. The van der Waals surface area contributed by atoms with Gasteiger partial charge in [0.25, 0.3) is 5.56 Å². The molecular weight excluding hydrogens is 200 g/mol. The summed E-state index contributed by atoms with van der Waals surface area (Å²) in [4.78, 5) is 11.7. The van der Waals surface area contributed by atoms with E-state index in [1.807, 2.05) is 19.2 Å². The Morgan fingerprint density at radius 1 is 1.44 bits per heavy atom. The summed E-state index contributed by atoms with van der Waals surface area (Å²) >= 11 is 0. The van der Waals surface area contributed by atoms with E-state index in [1.165, 1.54) is 0 Å². The van der Waals surface area contributed by atoms with Crippen molar-refractivity contribution in [1.29, 1.82) is 0 Å². The molecule has 0 aliphatic rings. The van der Waals surface area contributed by atoms with Crippen molar-refractivity contribution in [3.8, 4) is 0 Å². The Balaban J connectivity index is 2.72. The number of aromatic nitrogens is 1. The van der Waals surface area contributed by atoms with E-state index in [1.54, 1.807) is 10.6 Å². The molecule has 1 aromatic heterocycles. The third-order valence-electron chi connectivity index (χ3n) is 2.70. The lowest BCUT2D eigenvalue weighted by atomic mass is 10.1. The van der Waals surface area contributed by atoms with Crippen LogP contribution < -0.4 is 10.9 Å². The van der Waals surface area contributed by atoms with E-state index in [4.69, 9.17) is 0 Å². The Kier molecular flexibility index (Phi) is 5.26. The molecule has 3 heteroatoms. The van der Waals surface area contributed by atoms with E-state index in [0.29, 0.717) is 6.04 Å². The number of hydrogen-bond donors (Lipinski definition) is 1. The average Bonchev–Trinajstić information content (AvgIpc) is 2.23. The van der Waals surface area contributed by atoms with Crippen molar-refractivity contribution in [3.63, 3.8) is 0 Å². The van der Waals surface area contributed by atoms with E-state index < -0.39 is 0 Å². The maximum absolute atomic E-state index is 11.7. The lowest BCUT2D eigenvalue weighted by Crippen LogP contribution is -2.36. The monoisotopic (exact) mass is 222 g/mol. The molecule has 1 N–H and O–H groups in total. The van der Waals surface area contributed by atoms with Gasteiger partial charge < -0.3 is 9.88 Å². The van der Waals surface area contributed by atoms with Gasteiger partial charge in [-0.1, -0.05) is 20.3 Å². The van der Waals surface area contributed by atoms with Gasteiger partial charge in [0.2, 0.25) is 0 Å². The van der Waals surface area contributed by atoms with Crippen LogP contribution in [-0.4, -0.2) is 17.2 Å². The average molecular weight is 222 g/mol. The van der Waals surface area contributed by atoms with E-state index in [9.17, 15) is 4.79 Å². The van der Waals surface area contributed by atoms with Crippen LogP contribution >= 0.6 is 0 Å². The summed E-state index contributed by atoms with van der Waals surface area (Å²) in [5.41, 5.74) is 1.12. The first-order valence-electron chi connectivity index (χ1n) is 6.07. The Labute approximate surface area is 97.5 Å². The maximum atomic E-state index is 11.7. The molecule has 0 aliphatic heterocycles. The highest BCUT2D eigenvalue weighted by Gasteiger charge is 2.07. The van der Waals surface area contributed by atoms with Crippen molar-refractivity contribution in [1.82, 2.24) is 9.88 Å². The molecule has 0 spiro atoms. The van der Waals surface area contributed by atoms with Gasteiger partial charge in [-0.2, -0.15) is 0 Å². The molecule has 0 aliphatic carbocycles. The topological polar surface area (TPSA) is 34.0 Å². The van der Waals surface area contributed by atoms with Gasteiger partial charge in [-0.15, -0.1) is 0 Å². The smallest absolute Gasteiger partial charge is 0.250 e. The summed E-state index contributed by atoms with van der Waals surface area (Å²) in [7, 11) is 0. The van der Waals surface area contributed by atoms with Gasteiger partial charge in [-0.3, -0.25) is 4.79 Å². The SMILES string of the molecule is CCCC(Cn1ccc(C)cc1=O)NCC. The van der Waals surface area contributed by atoms with Crippen LogP contribution in [0.2, 0.25) is 0 Å². The number of nitrogens with zero attached hydrogens (tertiary/aromatic N) is 1. The van der Waals surface area contributed by atoms with Gasteiger partial charge in [-0.05, 0) is 31.5 Å². The standard InChI is InChI=1S/C13H22N2O/c1-4-6-12(14-5-2)10-15-8-7-11(3)9-13(15)16/h7-9,12,14H,4-6,10H2,1-3H3. The molecular formula is C13H22N2O. The summed E-state index contributed by atoms with van der Waals surface area (Å²) in [5.74, 6) is 0. The minimum atomic E-state index is 0.0963. The van der Waals surface area contributed by atoms with Gasteiger partial charge in [0.1, 0.15) is 0 Å². The fourth-order valence-electron chi connectivity index (χ4n) is 1.89. The molecule has 1 atom stereocenters. The van der Waals surface area contributed by atoms with E-state index in [2.05, 4.69) is 19.2 Å². The fourth-order valence-corrected chi connectivity index (χ4v) is 1.89. The molecule has 0 radical (unpaired) electrons. The molecule has 3 nitrogen and oxygen atoms in total. The molecule has 1 aromatic rings. The lowest BCUT2D eigenvalue weighted by Gasteiger charge is -2.18. The van der Waals surface area contributed by atoms with Crippen LogP contribution in [0.15, 0.2) is 23.1 Å². The predicted molar refractivity (Wildman–Crippen MR) is 67.8 cm³/mol. The van der Waals surface area contributed by atoms with Crippen LogP contribution in [0.1, 0.15) is 32.3 Å². The van der Waals surface area contributed by atoms with Gasteiger partial charge in [-0.25, -0.2) is 0 Å². The second-order valence-electron chi connectivity index (χ2n) is 4.24. The van der Waals surface area contributed by atoms with Crippen molar-refractivity contribution >= 4 is 0 Å². The summed E-state index contributed by atoms with van der Waals surface area (Å²) in [5, 5.41) is 3.41. The highest BCUT2D eigenvalue weighted by molar-refractivity contribution is 5.08. The van der Waals surface area contributed by atoms with Crippen molar-refractivity contribution in [2.24, 2.45) is 0 Å². The molecule has 1 rings (SSSR count). The van der Waals surface area contributed by atoms with Crippen molar-refractivity contribution < 1.29 is 0 Å². The molecule has 0 saturated heterocycles. The van der Waals surface area contributed by atoms with Crippen molar-refractivity contribution in [3.05, 3.63) is 34.2 Å². The Bertz CT molecular complexity index is 364. The zero-order chi connectivity index (χ0) is 12.0. The number of nitrogens with one attached hydrogen (secondary N) is 1. The molecule has 90 valence electrons. The van der Waals surface area contributed by atoms with Crippen LogP contribution in [0.5, 0.6) is 0 Å². The molecule has 0 bridgehead atoms. The van der Waals surface area contributed by atoms with Crippen LogP contribution in [0, 0.1) is 6.92 Å². The van der Waals surface area contributed by atoms with Gasteiger partial charge in [0.15, 0.2) is 0 Å². The highest BCUT2D eigenvalue weighted by Crippen LogP contribution is 2.00. The van der Waals surface area contributed by atoms with Gasteiger partial charge in [0.05, 0.1) is 0 Å². The summed E-state index contributed by atoms with van der Waals surface area (Å²) in [6.07, 6.45) is 4.13. The minimum Gasteiger partial charge on any atom is -0.314 e. The van der Waals surface area contributed by atoms with Gasteiger partial charge in [0, 0.05) is 24.8 Å². The number of pyridine rings is 1. The maximum Gasteiger partial charge on any atom is 0.250 e. The second kappa shape index (κ2) is 6.48. The second-order valence-corrected chi connectivity index (χ2v) is 4.24. The third-order valence-corrected chi connectivity index (χ3v) is 2.70. The molecule has 1 unspecified atom stereocenters. The normalized spacial score (nSPS) is 12.7. The highest BCUT2D eigenvalue weighted by atomic mass is 16.1. The Morgan fingerprint density at radius 2 is 2.19 bits per heavy atom. The fraction of sp³-hybridized carbons (Fsp3) is 0.615. The first kappa shape index (κ1) is 13.0. The largest absolute Gasteiger partial charge is 0.314 e. The molecule has 16 heavy (non-hydrogen) atoms. The van der Waals surface area contributed by atoms with E-state index >= 15 is 0 Å². The van der Waals surface area contributed by atoms with Crippen LogP contribution in [0.25, 0.3) is 0 Å². The quantitative estimate of drug-likeness (QED) is 0.798. The van der Waals surface area contributed by atoms with E-state index in [0.717, 1.165) is 31.5 Å². The molecule has 1 heterocycles. The zero-order valence-corrected chi connectivity index (χ0v) is 10.5. The number of rotatable bonds is 6. The number of likely N-dealkylation sites (N-methyl/N-ethyl adjacent to an activating group) is 1. The van der Waals surface area contributed by atoms with Crippen LogP contribution in [0.4, 0.5) is 0 Å². The van der Waals surface area contributed by atoms with Gasteiger partial charge >= 0.3 is 0 Å². The minimum absolute atomic E-state index is 0.0963. The first-order chi connectivity index (χ1) is 7.67. The van der Waals surface area contributed by atoms with Crippen LogP contribution in [-0.2, 0) is 6.54 Å². The molecule has 0 aromatic carbocycles. The Morgan fingerprint density at radius 3 is 2.75 bits per heavy atom. The first-order valence-corrected chi connectivity index (χ1v) is 6.07. The lowest BCUT2D eigenvalue weighted by molar-refractivity contribution is 0.423. The summed E-state index contributed by atoms with van der Waals surface area (Å²) in [6, 6.07) is 4.07. The van der Waals surface area contributed by atoms with Crippen molar-refractivity contribution in [2.75, 3.05) is 6.54 Å². The van der Waals surface area contributed by atoms with Crippen molar-refractivity contribution in [2.45, 2.75) is 46.2 Å². The molecule has 0 fully saturated rings. The van der Waals surface area contributed by atoms with Crippen LogP contribution in [0.3, 0.4) is 0 Å². The predicted octanol–water partition coefficient (Wildman–Crippen LogP) is 1.93. The summed E-state index contributed by atoms with van der Waals surface area (Å²) in [6.45, 7) is 7.93. The summed E-state index contributed by atoms with van der Waals surface area (Å²) < 4.78 is 1.79. The number of aryl methyl sites for hydroxylation is 1. The third kappa shape index (κ3) is 3.81. The number of hydrogen-bond acceptors (Lipinski definition) is 2. The Hall–Kier alpha value is -1.09. The zero-order valence-electron chi connectivity index (χ0n) is 10.5. The molecule has 0 amide bonds.